The highest BCUT2D eigenvalue weighted by Gasteiger charge is 2.37. The zero-order chi connectivity index (χ0) is 28.6. The Labute approximate surface area is 225 Å². The fourth-order valence-electron chi connectivity index (χ4n) is 4.14. The molecule has 0 aromatic heterocycles. The van der Waals surface area contributed by atoms with Crippen molar-refractivity contribution in [3.63, 3.8) is 0 Å². The molecular formula is C29H41N3O6. The monoisotopic (exact) mass is 527 g/mol. The van der Waals surface area contributed by atoms with Crippen molar-refractivity contribution < 1.29 is 29.3 Å². The molecule has 4 N–H and O–H groups in total. The Balaban J connectivity index is 2.56. The van der Waals surface area contributed by atoms with E-state index in [2.05, 4.69) is 10.6 Å². The van der Waals surface area contributed by atoms with Crippen LogP contribution >= 0.6 is 0 Å². The van der Waals surface area contributed by atoms with Crippen LogP contribution in [-0.2, 0) is 20.7 Å². The van der Waals surface area contributed by atoms with Gasteiger partial charge in [-0.15, -0.1) is 0 Å². The number of aryl methyl sites for hydroxylation is 2. The average Bonchev–Trinajstić information content (AvgIpc) is 2.79. The van der Waals surface area contributed by atoms with Crippen molar-refractivity contribution in [2.24, 2.45) is 0 Å². The standard InChI is InChI=1S/C29H41N3O6/c1-18(2)30-26(35)25(23-13-8-19(3)16-20(23)4)32(14-15-33)27(36)24(31-28(37)38-29(5,6)7)17-21-9-11-22(34)12-10-21/h8-13,16,18,24-25,33-34H,14-15,17H2,1-7H3,(H,30,35)(H,31,37). The highest BCUT2D eigenvalue weighted by molar-refractivity contribution is 5.92. The molecule has 0 aliphatic heterocycles. The number of ether oxygens (including phenoxy) is 1. The SMILES string of the molecule is Cc1ccc(C(C(=O)NC(C)C)N(CCO)C(=O)C(Cc2ccc(O)cc2)NC(=O)OC(C)(C)C)c(C)c1. The maximum absolute atomic E-state index is 14.1. The van der Waals surface area contributed by atoms with Crippen LogP contribution in [0.5, 0.6) is 5.75 Å². The number of phenols is 1. The molecule has 3 amide bonds. The molecule has 2 unspecified atom stereocenters. The first-order chi connectivity index (χ1) is 17.7. The second-order valence-electron chi connectivity index (χ2n) is 10.8. The number of amides is 3. The van der Waals surface area contributed by atoms with Gasteiger partial charge in [-0.3, -0.25) is 9.59 Å². The topological polar surface area (TPSA) is 128 Å². The van der Waals surface area contributed by atoms with Crippen molar-refractivity contribution in [3.05, 3.63) is 64.7 Å². The van der Waals surface area contributed by atoms with Gasteiger partial charge in [-0.2, -0.15) is 0 Å². The third kappa shape index (κ3) is 9.06. The number of alkyl carbamates (subject to hydrolysis) is 1. The first-order valence-corrected chi connectivity index (χ1v) is 12.8. The van der Waals surface area contributed by atoms with Crippen LogP contribution in [0.1, 0.15) is 62.9 Å². The molecule has 2 aromatic carbocycles. The minimum Gasteiger partial charge on any atom is -0.508 e. The fourth-order valence-corrected chi connectivity index (χ4v) is 4.14. The second kappa shape index (κ2) is 13.3. The molecule has 38 heavy (non-hydrogen) atoms. The Kier molecular flexibility index (Phi) is 10.7. The van der Waals surface area contributed by atoms with Gasteiger partial charge in [0.25, 0.3) is 0 Å². The minimum absolute atomic E-state index is 0.0684. The van der Waals surface area contributed by atoms with Gasteiger partial charge >= 0.3 is 6.09 Å². The lowest BCUT2D eigenvalue weighted by atomic mass is 9.95. The molecule has 2 atom stereocenters. The van der Waals surface area contributed by atoms with E-state index in [0.717, 1.165) is 11.1 Å². The van der Waals surface area contributed by atoms with Crippen LogP contribution in [0.25, 0.3) is 0 Å². The molecule has 0 spiro atoms. The van der Waals surface area contributed by atoms with E-state index in [1.165, 1.54) is 17.0 Å². The predicted molar refractivity (Wildman–Crippen MR) is 146 cm³/mol. The summed E-state index contributed by atoms with van der Waals surface area (Å²) >= 11 is 0. The number of aromatic hydroxyl groups is 1. The number of rotatable bonds is 10. The van der Waals surface area contributed by atoms with Gasteiger partial charge in [0.05, 0.1) is 6.61 Å². The number of nitrogens with zero attached hydrogens (tertiary/aromatic N) is 1. The van der Waals surface area contributed by atoms with Crippen LogP contribution in [0.4, 0.5) is 4.79 Å². The molecule has 2 aromatic rings. The van der Waals surface area contributed by atoms with Gasteiger partial charge in [0.15, 0.2) is 0 Å². The molecule has 0 saturated heterocycles. The number of hydrogen-bond acceptors (Lipinski definition) is 6. The van der Waals surface area contributed by atoms with Gasteiger partial charge in [0.2, 0.25) is 11.8 Å². The number of aliphatic hydroxyl groups is 1. The third-order valence-electron chi connectivity index (χ3n) is 5.70. The Morgan fingerprint density at radius 3 is 2.16 bits per heavy atom. The highest BCUT2D eigenvalue weighted by Crippen LogP contribution is 2.27. The smallest absolute Gasteiger partial charge is 0.408 e. The Morgan fingerprint density at radius 1 is 1.00 bits per heavy atom. The molecule has 0 aliphatic rings. The molecule has 0 aliphatic carbocycles. The number of carbonyl (C=O) groups excluding carboxylic acids is 3. The van der Waals surface area contributed by atoms with Crippen molar-refractivity contribution >= 4 is 17.9 Å². The summed E-state index contributed by atoms with van der Waals surface area (Å²) < 4.78 is 5.40. The van der Waals surface area contributed by atoms with Gasteiger partial charge in [0.1, 0.15) is 23.4 Å². The number of benzene rings is 2. The van der Waals surface area contributed by atoms with Gasteiger partial charge in [0, 0.05) is 19.0 Å². The van der Waals surface area contributed by atoms with Crippen molar-refractivity contribution in [1.29, 1.82) is 0 Å². The molecule has 0 fully saturated rings. The molecule has 9 nitrogen and oxygen atoms in total. The van der Waals surface area contributed by atoms with E-state index < -0.39 is 35.6 Å². The number of nitrogens with one attached hydrogen (secondary N) is 2. The first kappa shape index (κ1) is 30.6. The zero-order valence-electron chi connectivity index (χ0n) is 23.4. The largest absolute Gasteiger partial charge is 0.508 e. The third-order valence-corrected chi connectivity index (χ3v) is 5.70. The van der Waals surface area contributed by atoms with Crippen LogP contribution < -0.4 is 10.6 Å². The van der Waals surface area contributed by atoms with Crippen molar-refractivity contribution in [2.45, 2.75) is 78.6 Å². The summed E-state index contributed by atoms with van der Waals surface area (Å²) in [5.41, 5.74) is 2.33. The number of aliphatic hydroxyl groups excluding tert-OH is 1. The summed E-state index contributed by atoms with van der Waals surface area (Å²) in [6, 6.07) is 9.55. The van der Waals surface area contributed by atoms with Gasteiger partial charge in [-0.1, -0.05) is 35.9 Å². The van der Waals surface area contributed by atoms with Crippen molar-refractivity contribution in [3.8, 4) is 5.75 Å². The predicted octanol–water partition coefficient (Wildman–Crippen LogP) is 3.53. The minimum atomic E-state index is -1.11. The number of phenolic OH excluding ortho intramolecular Hbond substituents is 1. The highest BCUT2D eigenvalue weighted by atomic mass is 16.6. The first-order valence-electron chi connectivity index (χ1n) is 12.8. The maximum atomic E-state index is 14.1. The van der Waals surface area contributed by atoms with E-state index in [4.69, 9.17) is 4.74 Å². The average molecular weight is 528 g/mol. The lowest BCUT2D eigenvalue weighted by molar-refractivity contribution is -0.143. The lowest BCUT2D eigenvalue weighted by Crippen LogP contribution is -2.55. The van der Waals surface area contributed by atoms with E-state index >= 15 is 0 Å². The quantitative estimate of drug-likeness (QED) is 0.374. The summed E-state index contributed by atoms with van der Waals surface area (Å²) in [5, 5.41) is 25.1. The maximum Gasteiger partial charge on any atom is 0.408 e. The van der Waals surface area contributed by atoms with Gasteiger partial charge in [-0.05, 0) is 77.3 Å². The summed E-state index contributed by atoms with van der Waals surface area (Å²) in [4.78, 5) is 41.7. The number of hydrogen-bond donors (Lipinski definition) is 4. The molecule has 0 heterocycles. The van der Waals surface area contributed by atoms with Crippen LogP contribution in [0.3, 0.4) is 0 Å². The van der Waals surface area contributed by atoms with Crippen LogP contribution in [-0.4, -0.2) is 63.9 Å². The number of carbonyl (C=O) groups is 3. The van der Waals surface area contributed by atoms with Crippen LogP contribution in [0.15, 0.2) is 42.5 Å². The second-order valence-corrected chi connectivity index (χ2v) is 10.8. The van der Waals surface area contributed by atoms with E-state index in [0.29, 0.717) is 11.1 Å². The molecule has 9 heteroatoms. The molecule has 208 valence electrons. The summed E-state index contributed by atoms with van der Waals surface area (Å²) in [7, 11) is 0. The van der Waals surface area contributed by atoms with Crippen LogP contribution in [0.2, 0.25) is 0 Å². The Morgan fingerprint density at radius 2 is 1.63 bits per heavy atom. The fraction of sp³-hybridized carbons (Fsp3) is 0.483. The van der Waals surface area contributed by atoms with Gasteiger partial charge < -0.3 is 30.5 Å². The normalized spacial score (nSPS) is 13.0. The van der Waals surface area contributed by atoms with E-state index in [9.17, 15) is 24.6 Å². The van der Waals surface area contributed by atoms with Gasteiger partial charge in [-0.25, -0.2) is 4.79 Å². The zero-order valence-corrected chi connectivity index (χ0v) is 23.4. The van der Waals surface area contributed by atoms with E-state index in [1.54, 1.807) is 32.9 Å². The Bertz CT molecular complexity index is 1110. The van der Waals surface area contributed by atoms with E-state index in [1.807, 2.05) is 45.9 Å². The molecular weight excluding hydrogens is 486 g/mol. The lowest BCUT2D eigenvalue weighted by Gasteiger charge is -2.35. The molecule has 2 rings (SSSR count). The van der Waals surface area contributed by atoms with Crippen molar-refractivity contribution in [2.75, 3.05) is 13.2 Å². The molecule has 0 bridgehead atoms. The van der Waals surface area contributed by atoms with E-state index in [-0.39, 0.29) is 31.4 Å². The van der Waals surface area contributed by atoms with Crippen LogP contribution in [0, 0.1) is 13.8 Å². The molecule has 0 radical (unpaired) electrons. The summed E-state index contributed by atoms with van der Waals surface area (Å²) in [6.45, 7) is 12.1. The van der Waals surface area contributed by atoms with Crippen molar-refractivity contribution in [1.82, 2.24) is 15.5 Å². The molecule has 0 saturated carbocycles. The summed E-state index contributed by atoms with van der Waals surface area (Å²) in [6.07, 6.45) is -0.709. The summed E-state index contributed by atoms with van der Waals surface area (Å²) in [5.74, 6) is -0.879. The Hall–Kier alpha value is -3.59.